The van der Waals surface area contributed by atoms with Gasteiger partial charge < -0.3 is 10.3 Å². The summed E-state index contributed by atoms with van der Waals surface area (Å²) in [5.41, 5.74) is 8.36. The molecule has 2 N–H and O–H groups in total. The van der Waals surface area contributed by atoms with Gasteiger partial charge in [-0.3, -0.25) is 0 Å². The molecule has 0 aliphatic heterocycles. The largest absolute Gasteiger partial charge is 0.369 e. The van der Waals surface area contributed by atoms with Crippen LogP contribution in [0.25, 0.3) is 11.0 Å². The summed E-state index contributed by atoms with van der Waals surface area (Å²) in [6.45, 7) is 0.533. The van der Waals surface area contributed by atoms with E-state index >= 15 is 0 Å². The molecule has 0 unspecified atom stereocenters. The van der Waals surface area contributed by atoms with Gasteiger partial charge in [-0.2, -0.15) is 0 Å². The minimum Gasteiger partial charge on any atom is -0.369 e. The summed E-state index contributed by atoms with van der Waals surface area (Å²) in [6.07, 6.45) is 0. The van der Waals surface area contributed by atoms with Crippen LogP contribution in [0.4, 0.5) is 10.3 Å². The molecule has 3 rings (SSSR count). The molecule has 0 atom stereocenters. The third-order valence-electron chi connectivity index (χ3n) is 3.11. The highest BCUT2D eigenvalue weighted by Crippen LogP contribution is 2.27. The average Bonchev–Trinajstić information content (AvgIpc) is 2.69. The monoisotopic (exact) mass is 397 g/mol. The quantitative estimate of drug-likeness (QED) is 0.698. The molecule has 0 saturated carbocycles. The number of nitrogens with two attached hydrogens (primary N) is 1. The Bertz CT molecular complexity index is 798. The number of benzene rings is 2. The highest BCUT2D eigenvalue weighted by atomic mass is 79.9. The van der Waals surface area contributed by atoms with Gasteiger partial charge in [0.15, 0.2) is 0 Å². The number of halogens is 3. The van der Waals surface area contributed by atoms with Gasteiger partial charge in [-0.15, -0.1) is 0 Å². The SMILES string of the molecule is Nc1nc2cc(Br)c(F)cc2n1Cc1ccccc1Br. The van der Waals surface area contributed by atoms with Crippen LogP contribution < -0.4 is 5.73 Å². The summed E-state index contributed by atoms with van der Waals surface area (Å²) in [5, 5.41) is 0. The Morgan fingerprint density at radius 2 is 1.90 bits per heavy atom. The zero-order chi connectivity index (χ0) is 14.3. The number of nitrogens with zero attached hydrogens (tertiary/aromatic N) is 2. The standard InChI is InChI=1S/C14H10Br2FN3/c15-9-4-2-1-3-8(9)7-20-13-6-11(17)10(16)5-12(13)19-14(20)18/h1-6H,7H2,(H2,18,19). The Hall–Kier alpha value is -1.40. The van der Waals surface area contributed by atoms with E-state index in [0.29, 0.717) is 28.0 Å². The molecule has 0 amide bonds. The normalized spacial score (nSPS) is 11.2. The number of rotatable bonds is 2. The Labute approximate surface area is 131 Å². The number of aromatic nitrogens is 2. The summed E-state index contributed by atoms with van der Waals surface area (Å²) < 4.78 is 16.9. The van der Waals surface area contributed by atoms with Crippen LogP contribution in [-0.4, -0.2) is 9.55 Å². The van der Waals surface area contributed by atoms with Crippen LogP contribution in [0.1, 0.15) is 5.56 Å². The summed E-state index contributed by atoms with van der Waals surface area (Å²) in [4.78, 5) is 4.27. The number of imidazole rings is 1. The van der Waals surface area contributed by atoms with Crippen molar-refractivity contribution in [3.63, 3.8) is 0 Å². The molecule has 0 saturated heterocycles. The highest BCUT2D eigenvalue weighted by Gasteiger charge is 2.12. The molecule has 0 bridgehead atoms. The molecule has 3 nitrogen and oxygen atoms in total. The molecule has 3 aromatic rings. The molecule has 0 radical (unpaired) electrons. The first-order chi connectivity index (χ1) is 9.56. The minimum absolute atomic E-state index is 0.328. The zero-order valence-electron chi connectivity index (χ0n) is 10.3. The van der Waals surface area contributed by atoms with Crippen molar-refractivity contribution in [2.75, 3.05) is 5.73 Å². The molecule has 1 aromatic heterocycles. The lowest BCUT2D eigenvalue weighted by molar-refractivity contribution is 0.622. The Morgan fingerprint density at radius 1 is 1.15 bits per heavy atom. The minimum atomic E-state index is -0.328. The van der Waals surface area contributed by atoms with Gasteiger partial charge in [0.1, 0.15) is 5.82 Å². The predicted octanol–water partition coefficient (Wildman–Crippen LogP) is 4.33. The molecule has 0 fully saturated rings. The first-order valence-electron chi connectivity index (χ1n) is 5.90. The van der Waals surface area contributed by atoms with Crippen molar-refractivity contribution in [1.82, 2.24) is 9.55 Å². The molecule has 20 heavy (non-hydrogen) atoms. The number of hydrogen-bond acceptors (Lipinski definition) is 2. The van der Waals surface area contributed by atoms with Crippen LogP contribution in [0.15, 0.2) is 45.3 Å². The molecule has 0 aliphatic carbocycles. The highest BCUT2D eigenvalue weighted by molar-refractivity contribution is 9.10. The summed E-state index contributed by atoms with van der Waals surface area (Å²) in [7, 11) is 0. The van der Waals surface area contributed by atoms with Gasteiger partial charge in [0, 0.05) is 10.5 Å². The summed E-state index contributed by atoms with van der Waals surface area (Å²) >= 11 is 6.66. The third kappa shape index (κ3) is 2.33. The summed E-state index contributed by atoms with van der Waals surface area (Å²) in [5.74, 6) is 0.0408. The number of anilines is 1. The van der Waals surface area contributed by atoms with E-state index in [-0.39, 0.29) is 5.82 Å². The van der Waals surface area contributed by atoms with Crippen LogP contribution in [0, 0.1) is 5.82 Å². The zero-order valence-corrected chi connectivity index (χ0v) is 13.4. The van der Waals surface area contributed by atoms with Crippen LogP contribution >= 0.6 is 31.9 Å². The molecule has 0 spiro atoms. The van der Waals surface area contributed by atoms with Crippen LogP contribution in [-0.2, 0) is 6.54 Å². The van der Waals surface area contributed by atoms with E-state index in [1.54, 1.807) is 10.6 Å². The second-order valence-corrected chi connectivity index (χ2v) is 6.11. The van der Waals surface area contributed by atoms with Crippen LogP contribution in [0.2, 0.25) is 0 Å². The lowest BCUT2D eigenvalue weighted by Crippen LogP contribution is -2.05. The van der Waals surface area contributed by atoms with E-state index in [9.17, 15) is 4.39 Å². The van der Waals surface area contributed by atoms with Crippen LogP contribution in [0.5, 0.6) is 0 Å². The molecule has 102 valence electrons. The smallest absolute Gasteiger partial charge is 0.201 e. The third-order valence-corrected chi connectivity index (χ3v) is 4.49. The van der Waals surface area contributed by atoms with E-state index in [0.717, 1.165) is 10.0 Å². The van der Waals surface area contributed by atoms with E-state index in [4.69, 9.17) is 5.73 Å². The Balaban J connectivity index is 2.14. The van der Waals surface area contributed by atoms with Gasteiger partial charge >= 0.3 is 0 Å². The lowest BCUT2D eigenvalue weighted by Gasteiger charge is -2.08. The van der Waals surface area contributed by atoms with Crippen molar-refractivity contribution in [1.29, 1.82) is 0 Å². The molecule has 0 aliphatic rings. The van der Waals surface area contributed by atoms with Crippen molar-refractivity contribution in [3.05, 3.63) is 56.7 Å². The van der Waals surface area contributed by atoms with Crippen molar-refractivity contribution in [2.45, 2.75) is 6.54 Å². The van der Waals surface area contributed by atoms with Crippen molar-refractivity contribution < 1.29 is 4.39 Å². The Morgan fingerprint density at radius 3 is 2.65 bits per heavy atom. The molecule has 6 heteroatoms. The van der Waals surface area contributed by atoms with E-state index < -0.39 is 0 Å². The molecular weight excluding hydrogens is 389 g/mol. The summed E-state index contributed by atoms with van der Waals surface area (Å²) in [6, 6.07) is 10.9. The molecule has 2 aromatic carbocycles. The Kier molecular flexibility index (Phi) is 3.52. The van der Waals surface area contributed by atoms with E-state index in [1.807, 2.05) is 24.3 Å². The number of nitrogen functional groups attached to an aromatic ring is 1. The first-order valence-corrected chi connectivity index (χ1v) is 7.49. The fourth-order valence-corrected chi connectivity index (χ4v) is 2.84. The van der Waals surface area contributed by atoms with Gasteiger partial charge in [0.25, 0.3) is 0 Å². The van der Waals surface area contributed by atoms with Gasteiger partial charge in [-0.1, -0.05) is 34.1 Å². The number of hydrogen-bond donors (Lipinski definition) is 1. The van der Waals surface area contributed by atoms with Gasteiger partial charge in [0.05, 0.1) is 22.1 Å². The fraction of sp³-hybridized carbons (Fsp3) is 0.0714. The van der Waals surface area contributed by atoms with Crippen molar-refractivity contribution in [2.24, 2.45) is 0 Å². The van der Waals surface area contributed by atoms with Gasteiger partial charge in [-0.25, -0.2) is 9.37 Å². The van der Waals surface area contributed by atoms with Crippen molar-refractivity contribution >= 4 is 48.8 Å². The van der Waals surface area contributed by atoms with Crippen LogP contribution in [0.3, 0.4) is 0 Å². The average molecular weight is 399 g/mol. The molecular formula is C14H10Br2FN3. The maximum Gasteiger partial charge on any atom is 0.201 e. The first kappa shape index (κ1) is 13.6. The maximum absolute atomic E-state index is 13.7. The second-order valence-electron chi connectivity index (χ2n) is 4.40. The lowest BCUT2D eigenvalue weighted by atomic mass is 10.2. The van der Waals surface area contributed by atoms with E-state index in [2.05, 4.69) is 36.8 Å². The van der Waals surface area contributed by atoms with Crippen molar-refractivity contribution in [3.8, 4) is 0 Å². The number of fused-ring (bicyclic) bond motifs is 1. The van der Waals surface area contributed by atoms with Gasteiger partial charge in [0.2, 0.25) is 5.95 Å². The fourth-order valence-electron chi connectivity index (χ4n) is 2.10. The van der Waals surface area contributed by atoms with E-state index in [1.165, 1.54) is 6.07 Å². The topological polar surface area (TPSA) is 43.8 Å². The predicted molar refractivity (Wildman–Crippen MR) is 85.0 cm³/mol. The van der Waals surface area contributed by atoms with Gasteiger partial charge in [-0.05, 0) is 33.6 Å². The second kappa shape index (κ2) is 5.18. The molecule has 1 heterocycles. The maximum atomic E-state index is 13.7.